The Kier molecular flexibility index (Phi) is 6.54. The van der Waals surface area contributed by atoms with Crippen LogP contribution in [0.3, 0.4) is 0 Å². The highest BCUT2D eigenvalue weighted by molar-refractivity contribution is 5.89. The molecule has 1 heterocycles. The van der Waals surface area contributed by atoms with Crippen LogP contribution in [0.5, 0.6) is 11.5 Å². The van der Waals surface area contributed by atoms with Crippen molar-refractivity contribution in [2.45, 2.75) is 13.0 Å². The Bertz CT molecular complexity index is 873. The average Bonchev–Trinajstić information content (AvgIpc) is 3.07. The van der Waals surface area contributed by atoms with Gasteiger partial charge in [-0.05, 0) is 29.8 Å². The van der Waals surface area contributed by atoms with E-state index in [2.05, 4.69) is 10.6 Å². The molecule has 2 aromatic carbocycles. The van der Waals surface area contributed by atoms with Crippen molar-refractivity contribution in [3.63, 3.8) is 0 Å². The first-order valence-corrected chi connectivity index (χ1v) is 9.27. The van der Waals surface area contributed by atoms with Crippen LogP contribution >= 0.6 is 0 Å². The quantitative estimate of drug-likeness (QED) is 0.748. The number of hydrogen-bond acceptors (Lipinski definition) is 4. The number of anilines is 1. The van der Waals surface area contributed by atoms with E-state index in [0.717, 1.165) is 5.56 Å². The highest BCUT2D eigenvalue weighted by atomic mass is 19.1. The van der Waals surface area contributed by atoms with Gasteiger partial charge in [0.1, 0.15) is 5.82 Å². The number of urea groups is 1. The number of benzene rings is 2. The number of carbonyl (C=O) groups excluding carboxylic acids is 2. The van der Waals surface area contributed by atoms with E-state index < -0.39 is 0 Å². The van der Waals surface area contributed by atoms with Crippen LogP contribution < -0.4 is 20.1 Å². The molecule has 0 saturated carbocycles. The molecule has 2 aromatic rings. The number of nitrogens with one attached hydrogen (secondary N) is 2. The monoisotopic (exact) mass is 401 g/mol. The highest BCUT2D eigenvalue weighted by Gasteiger charge is 2.29. The zero-order valence-corrected chi connectivity index (χ0v) is 16.4. The first-order chi connectivity index (χ1) is 14.0. The fraction of sp³-hybridized carbons (Fsp3) is 0.333. The molecule has 1 unspecified atom stereocenters. The Morgan fingerprint density at radius 2 is 1.86 bits per heavy atom. The van der Waals surface area contributed by atoms with Gasteiger partial charge in [-0.2, -0.15) is 0 Å². The van der Waals surface area contributed by atoms with Crippen LogP contribution in [-0.2, 0) is 11.3 Å². The van der Waals surface area contributed by atoms with Crippen molar-refractivity contribution in [1.82, 2.24) is 10.2 Å². The summed E-state index contributed by atoms with van der Waals surface area (Å²) in [4.78, 5) is 26.1. The number of methoxy groups -OCH3 is 2. The number of hydrogen-bond donors (Lipinski definition) is 2. The van der Waals surface area contributed by atoms with Crippen LogP contribution in [0.4, 0.5) is 14.9 Å². The van der Waals surface area contributed by atoms with E-state index >= 15 is 0 Å². The van der Waals surface area contributed by atoms with Crippen molar-refractivity contribution in [3.8, 4) is 11.5 Å². The summed E-state index contributed by atoms with van der Waals surface area (Å²) in [6.07, 6.45) is 0.373. The number of halogens is 1. The highest BCUT2D eigenvalue weighted by Crippen LogP contribution is 2.29. The average molecular weight is 401 g/mol. The van der Waals surface area contributed by atoms with Gasteiger partial charge in [0, 0.05) is 43.7 Å². The maximum atomic E-state index is 13.0. The molecule has 29 heavy (non-hydrogen) atoms. The van der Waals surface area contributed by atoms with Crippen LogP contribution in [-0.4, -0.2) is 44.1 Å². The van der Waals surface area contributed by atoms with Gasteiger partial charge in [-0.15, -0.1) is 0 Å². The van der Waals surface area contributed by atoms with Crippen molar-refractivity contribution in [2.75, 3.05) is 32.6 Å². The third-order valence-corrected chi connectivity index (χ3v) is 4.77. The summed E-state index contributed by atoms with van der Waals surface area (Å²) < 4.78 is 23.4. The van der Waals surface area contributed by atoms with Crippen LogP contribution in [0, 0.1) is 11.7 Å². The molecular weight excluding hydrogens is 377 g/mol. The summed E-state index contributed by atoms with van der Waals surface area (Å²) in [5, 5.41) is 5.54. The summed E-state index contributed by atoms with van der Waals surface area (Å²) in [5.74, 6) is 0.844. The largest absolute Gasteiger partial charge is 0.493 e. The van der Waals surface area contributed by atoms with E-state index in [1.165, 1.54) is 19.2 Å². The van der Waals surface area contributed by atoms with E-state index in [4.69, 9.17) is 9.47 Å². The molecular formula is C21H24FN3O4. The summed E-state index contributed by atoms with van der Waals surface area (Å²) in [5.41, 5.74) is 1.44. The van der Waals surface area contributed by atoms with E-state index in [0.29, 0.717) is 43.2 Å². The fourth-order valence-corrected chi connectivity index (χ4v) is 3.28. The van der Waals surface area contributed by atoms with Gasteiger partial charge in [0.15, 0.2) is 11.5 Å². The van der Waals surface area contributed by atoms with Crippen molar-refractivity contribution in [2.24, 2.45) is 5.92 Å². The maximum Gasteiger partial charge on any atom is 0.319 e. The van der Waals surface area contributed by atoms with Gasteiger partial charge in [-0.3, -0.25) is 4.79 Å². The molecule has 1 aliphatic heterocycles. The van der Waals surface area contributed by atoms with Gasteiger partial charge in [-0.1, -0.05) is 12.1 Å². The predicted octanol–water partition coefficient (Wildman–Crippen LogP) is 3.01. The maximum absolute atomic E-state index is 13.0. The smallest absolute Gasteiger partial charge is 0.319 e. The first kappa shape index (κ1) is 20.4. The lowest BCUT2D eigenvalue weighted by molar-refractivity contribution is -0.128. The second kappa shape index (κ2) is 9.27. The van der Waals surface area contributed by atoms with Crippen molar-refractivity contribution >= 4 is 17.6 Å². The number of carbonyl (C=O) groups is 2. The number of amides is 3. The number of likely N-dealkylation sites (tertiary alicyclic amines) is 1. The molecule has 3 rings (SSSR count). The summed E-state index contributed by atoms with van der Waals surface area (Å²) in [6, 6.07) is 10.8. The molecule has 0 spiro atoms. The lowest BCUT2D eigenvalue weighted by Gasteiger charge is -2.17. The molecule has 1 fully saturated rings. The van der Waals surface area contributed by atoms with Crippen molar-refractivity contribution in [1.29, 1.82) is 0 Å². The molecule has 2 N–H and O–H groups in total. The SMILES string of the molecule is COc1ccc(NC(=O)NCC2CC(=O)N(Cc3ccc(F)cc3)C2)cc1OC. The fourth-order valence-electron chi connectivity index (χ4n) is 3.28. The van der Waals surface area contributed by atoms with Crippen LogP contribution in [0.1, 0.15) is 12.0 Å². The predicted molar refractivity (Wildman–Crippen MR) is 106 cm³/mol. The minimum atomic E-state index is -0.360. The number of ether oxygens (including phenoxy) is 2. The van der Waals surface area contributed by atoms with Crippen LogP contribution in [0.25, 0.3) is 0 Å². The minimum absolute atomic E-state index is 0.0269. The van der Waals surface area contributed by atoms with Gasteiger partial charge in [0.25, 0.3) is 0 Å². The van der Waals surface area contributed by atoms with Gasteiger partial charge >= 0.3 is 6.03 Å². The minimum Gasteiger partial charge on any atom is -0.493 e. The first-order valence-electron chi connectivity index (χ1n) is 9.27. The van der Waals surface area contributed by atoms with Gasteiger partial charge in [-0.25, -0.2) is 9.18 Å². The molecule has 0 radical (unpaired) electrons. The third-order valence-electron chi connectivity index (χ3n) is 4.77. The second-order valence-corrected chi connectivity index (χ2v) is 6.88. The van der Waals surface area contributed by atoms with Crippen molar-refractivity contribution < 1.29 is 23.5 Å². The number of rotatable bonds is 7. The zero-order valence-electron chi connectivity index (χ0n) is 16.4. The molecule has 0 bridgehead atoms. The van der Waals surface area contributed by atoms with Crippen LogP contribution in [0.2, 0.25) is 0 Å². The van der Waals surface area contributed by atoms with Crippen molar-refractivity contribution in [3.05, 3.63) is 53.8 Å². The van der Waals surface area contributed by atoms with Gasteiger partial charge in [0.2, 0.25) is 5.91 Å². The Morgan fingerprint density at radius 3 is 2.55 bits per heavy atom. The summed E-state index contributed by atoms with van der Waals surface area (Å²) in [7, 11) is 3.07. The lowest BCUT2D eigenvalue weighted by Crippen LogP contribution is -2.34. The Morgan fingerprint density at radius 1 is 1.14 bits per heavy atom. The van der Waals surface area contributed by atoms with E-state index in [-0.39, 0.29) is 23.7 Å². The van der Waals surface area contributed by atoms with E-state index in [1.54, 1.807) is 42.3 Å². The normalized spacial score (nSPS) is 15.9. The molecule has 3 amide bonds. The number of nitrogens with zero attached hydrogens (tertiary/aromatic N) is 1. The van der Waals surface area contributed by atoms with E-state index in [1.807, 2.05) is 0 Å². The molecule has 1 aliphatic rings. The molecule has 7 nitrogen and oxygen atoms in total. The second-order valence-electron chi connectivity index (χ2n) is 6.88. The molecule has 0 aromatic heterocycles. The molecule has 154 valence electrons. The summed E-state index contributed by atoms with van der Waals surface area (Å²) >= 11 is 0. The Labute approximate surface area is 168 Å². The van der Waals surface area contributed by atoms with E-state index in [9.17, 15) is 14.0 Å². The third kappa shape index (κ3) is 5.37. The van der Waals surface area contributed by atoms with Gasteiger partial charge in [0.05, 0.1) is 14.2 Å². The zero-order chi connectivity index (χ0) is 20.8. The molecule has 1 saturated heterocycles. The Hall–Kier alpha value is -3.29. The van der Waals surface area contributed by atoms with Crippen LogP contribution in [0.15, 0.2) is 42.5 Å². The standard InChI is InChI=1S/C21H24FN3O4/c1-28-18-8-7-17(10-19(18)29-2)24-21(27)23-11-15-9-20(26)25(13-15)12-14-3-5-16(22)6-4-14/h3-8,10,15H,9,11-13H2,1-2H3,(H2,23,24,27). The summed E-state index contributed by atoms with van der Waals surface area (Å²) in [6.45, 7) is 1.37. The molecule has 0 aliphatic carbocycles. The topological polar surface area (TPSA) is 79.9 Å². The lowest BCUT2D eigenvalue weighted by atomic mass is 10.1. The molecule has 8 heteroatoms. The van der Waals surface area contributed by atoms with Gasteiger partial charge < -0.3 is 25.0 Å². The molecule has 1 atom stereocenters. The Balaban J connectivity index is 1.48.